The average molecular weight is 684 g/mol. The average Bonchev–Trinajstić information content (AvgIpc) is 3.91. The van der Waals surface area contributed by atoms with E-state index in [1.807, 2.05) is 79.7 Å². The number of rotatable bonds is 4. The van der Waals surface area contributed by atoms with Gasteiger partial charge >= 0.3 is 0 Å². The van der Waals surface area contributed by atoms with Crippen LogP contribution in [-0.4, -0.2) is 19.9 Å². The molecule has 3 aromatic carbocycles. The van der Waals surface area contributed by atoms with Gasteiger partial charge in [0.2, 0.25) is 0 Å². The number of aromatic nitrogens is 4. The fraction of sp³-hybridized carbons (Fsp3) is 0.0244. The molecule has 234 valence electrons. The topological polar surface area (TPSA) is 63.2 Å². The number of H-pyrrole nitrogens is 4. The highest BCUT2D eigenvalue weighted by Gasteiger charge is 2.18. The van der Waals surface area contributed by atoms with Crippen LogP contribution in [0.3, 0.4) is 0 Å². The van der Waals surface area contributed by atoms with Crippen LogP contribution in [0.5, 0.6) is 0 Å². The molecule has 7 aromatic rings. The molecule has 4 aromatic heterocycles. The summed E-state index contributed by atoms with van der Waals surface area (Å²) in [5.74, 6) is 0. The van der Waals surface area contributed by atoms with Gasteiger partial charge in [-0.15, -0.1) is 0 Å². The SMILES string of the molecule is C=C(C)C1=c2ccc([nH]2)=C(c2ccc(Cl)cc2)c2ccc([nH]2)C(c2ccc(Cl)cc2)=c2ccc([nH]2)=C(c2ccc(Cl)cc2)c2ccc1[nH]2. The lowest BCUT2D eigenvalue weighted by Crippen LogP contribution is -2.19. The van der Waals surface area contributed by atoms with Crippen molar-refractivity contribution in [2.45, 2.75) is 6.92 Å². The van der Waals surface area contributed by atoms with Crippen molar-refractivity contribution < 1.29 is 0 Å². The lowest BCUT2D eigenvalue weighted by molar-refractivity contribution is 1.18. The Hall–Kier alpha value is -5.13. The van der Waals surface area contributed by atoms with Crippen molar-refractivity contribution in [3.05, 3.63) is 209 Å². The van der Waals surface area contributed by atoms with Crippen molar-refractivity contribution in [1.29, 1.82) is 0 Å². The molecule has 4 N–H and O–H groups in total. The first-order chi connectivity index (χ1) is 23.3. The minimum Gasteiger partial charge on any atom is -0.354 e. The maximum Gasteiger partial charge on any atom is 0.0485 e. The zero-order valence-electron chi connectivity index (χ0n) is 25.9. The molecule has 1 aliphatic heterocycles. The fourth-order valence-electron chi connectivity index (χ4n) is 6.57. The number of nitrogens with one attached hydrogen (secondary N) is 4. The van der Waals surface area contributed by atoms with Crippen molar-refractivity contribution in [1.82, 2.24) is 19.9 Å². The predicted octanol–water partition coefficient (Wildman–Crippen LogP) is 7.79. The Morgan fingerprint density at radius 2 is 0.708 bits per heavy atom. The van der Waals surface area contributed by atoms with Gasteiger partial charge in [-0.25, -0.2) is 0 Å². The van der Waals surface area contributed by atoms with Crippen LogP contribution >= 0.6 is 34.8 Å². The first-order valence-electron chi connectivity index (χ1n) is 15.5. The highest BCUT2D eigenvalue weighted by atomic mass is 35.5. The first-order valence-corrected chi connectivity index (χ1v) is 16.7. The van der Waals surface area contributed by atoms with E-state index in [0.717, 1.165) is 88.7 Å². The molecule has 0 amide bonds. The molecule has 0 radical (unpaired) electrons. The van der Waals surface area contributed by atoms with E-state index in [9.17, 15) is 0 Å². The Bertz CT molecular complexity index is 2590. The van der Waals surface area contributed by atoms with Crippen molar-refractivity contribution in [2.75, 3.05) is 0 Å². The molecule has 0 atom stereocenters. The quantitative estimate of drug-likeness (QED) is 0.147. The normalized spacial score (nSPS) is 12.9. The zero-order chi connectivity index (χ0) is 32.9. The van der Waals surface area contributed by atoms with Crippen molar-refractivity contribution in [2.24, 2.45) is 0 Å². The minimum atomic E-state index is 0.680. The summed E-state index contributed by atoms with van der Waals surface area (Å²) in [6, 6.07) is 40.8. The Morgan fingerprint density at radius 3 is 1.08 bits per heavy atom. The standard InChI is InChI=1S/C41H29Cl3N4/c1-23(2)38-30-15-17-32(45-30)39(24-3-9-27(42)10-4-24)34-19-21-36(47-34)41(26-7-13-29(44)14-8-26)37-22-20-35(48-37)40(33-18-16-31(38)46-33)25-5-11-28(43)12-6-25/h3-22,45-48H,1H2,2H3. The number of aromatic amines is 4. The Balaban J connectivity index is 1.52. The van der Waals surface area contributed by atoms with Crippen LogP contribution in [0, 0.1) is 0 Å². The molecule has 48 heavy (non-hydrogen) atoms. The summed E-state index contributed by atoms with van der Waals surface area (Å²) < 4.78 is 0. The van der Waals surface area contributed by atoms with Crippen LogP contribution in [0.15, 0.2) is 133 Å². The summed E-state index contributed by atoms with van der Waals surface area (Å²) >= 11 is 19.0. The number of hydrogen-bond acceptors (Lipinski definition) is 0. The summed E-state index contributed by atoms with van der Waals surface area (Å²) in [4.78, 5) is 15.0. The molecule has 0 unspecified atom stereocenters. The molecule has 0 saturated carbocycles. The minimum absolute atomic E-state index is 0.680. The van der Waals surface area contributed by atoms with Crippen LogP contribution < -0.4 is 21.4 Å². The first kappa shape index (κ1) is 30.2. The number of halogens is 3. The molecule has 5 heterocycles. The molecule has 0 fully saturated rings. The third-order valence-corrected chi connectivity index (χ3v) is 9.48. The molecule has 0 aliphatic carbocycles. The second kappa shape index (κ2) is 12.1. The summed E-state index contributed by atoms with van der Waals surface area (Å²) in [6.45, 7) is 6.40. The summed E-state index contributed by atoms with van der Waals surface area (Å²) in [6.07, 6.45) is 0. The Labute approximate surface area is 292 Å². The molecule has 0 spiro atoms. The highest BCUT2D eigenvalue weighted by Crippen LogP contribution is 2.28. The van der Waals surface area contributed by atoms with Gasteiger partial charge in [0.1, 0.15) is 0 Å². The van der Waals surface area contributed by atoms with Gasteiger partial charge in [0.15, 0.2) is 0 Å². The molecular weight excluding hydrogens is 655 g/mol. The van der Waals surface area contributed by atoms with E-state index < -0.39 is 0 Å². The smallest absolute Gasteiger partial charge is 0.0485 e. The monoisotopic (exact) mass is 682 g/mol. The van der Waals surface area contributed by atoms with Gasteiger partial charge in [0, 0.05) is 81.5 Å². The third kappa shape index (κ3) is 5.48. The van der Waals surface area contributed by atoms with Gasteiger partial charge in [0.25, 0.3) is 0 Å². The lowest BCUT2D eigenvalue weighted by atomic mass is 10.0. The maximum absolute atomic E-state index is 6.35. The van der Waals surface area contributed by atoms with Gasteiger partial charge in [0.05, 0.1) is 0 Å². The second-order valence-electron chi connectivity index (χ2n) is 11.9. The van der Waals surface area contributed by atoms with Gasteiger partial charge in [-0.05, 0) is 114 Å². The van der Waals surface area contributed by atoms with Crippen molar-refractivity contribution in [3.8, 4) is 0 Å². The maximum atomic E-state index is 6.35. The predicted molar refractivity (Wildman–Crippen MR) is 198 cm³/mol. The number of allylic oxidation sites excluding steroid dienone is 1. The van der Waals surface area contributed by atoms with E-state index in [4.69, 9.17) is 34.8 Å². The van der Waals surface area contributed by atoms with Gasteiger partial charge < -0.3 is 19.9 Å². The highest BCUT2D eigenvalue weighted by molar-refractivity contribution is 6.31. The molecule has 4 nitrogen and oxygen atoms in total. The largest absolute Gasteiger partial charge is 0.354 e. The third-order valence-electron chi connectivity index (χ3n) is 8.72. The van der Waals surface area contributed by atoms with E-state index in [1.54, 1.807) is 0 Å². The summed E-state index contributed by atoms with van der Waals surface area (Å²) in [7, 11) is 0. The number of hydrogen-bond donors (Lipinski definition) is 4. The van der Waals surface area contributed by atoms with E-state index in [1.165, 1.54) is 0 Å². The Kier molecular flexibility index (Phi) is 7.65. The molecule has 8 rings (SSSR count). The van der Waals surface area contributed by atoms with Crippen LogP contribution in [0.4, 0.5) is 0 Å². The molecule has 8 bridgehead atoms. The number of fused-ring (bicyclic) bond motifs is 8. The van der Waals surface area contributed by atoms with Crippen LogP contribution in [0.25, 0.3) is 22.3 Å². The van der Waals surface area contributed by atoms with E-state index in [2.05, 4.69) is 75.0 Å². The molecule has 0 saturated heterocycles. The van der Waals surface area contributed by atoms with E-state index >= 15 is 0 Å². The van der Waals surface area contributed by atoms with E-state index in [-0.39, 0.29) is 0 Å². The van der Waals surface area contributed by atoms with Gasteiger partial charge in [-0.3, -0.25) is 0 Å². The molecular formula is C41H29Cl3N4. The summed E-state index contributed by atoms with van der Waals surface area (Å²) in [5.41, 5.74) is 11.9. The van der Waals surface area contributed by atoms with Crippen LogP contribution in [0.1, 0.15) is 46.4 Å². The zero-order valence-corrected chi connectivity index (χ0v) is 28.2. The lowest BCUT2D eigenvalue weighted by Gasteiger charge is -2.10. The van der Waals surface area contributed by atoms with Crippen LogP contribution in [-0.2, 0) is 0 Å². The molecule has 1 aliphatic rings. The van der Waals surface area contributed by atoms with Gasteiger partial charge in [-0.2, -0.15) is 0 Å². The van der Waals surface area contributed by atoms with Crippen molar-refractivity contribution in [3.63, 3.8) is 0 Å². The van der Waals surface area contributed by atoms with Crippen LogP contribution in [0.2, 0.25) is 15.1 Å². The fourth-order valence-corrected chi connectivity index (χ4v) is 6.95. The number of benzene rings is 3. The summed E-state index contributed by atoms with van der Waals surface area (Å²) in [5, 5.41) is 5.88. The second-order valence-corrected chi connectivity index (χ2v) is 13.3. The Morgan fingerprint density at radius 1 is 0.396 bits per heavy atom. The van der Waals surface area contributed by atoms with Gasteiger partial charge in [-0.1, -0.05) is 77.8 Å². The van der Waals surface area contributed by atoms with E-state index in [0.29, 0.717) is 15.1 Å². The molecule has 7 heteroatoms. The van der Waals surface area contributed by atoms with Crippen molar-refractivity contribution >= 4 is 57.1 Å².